The van der Waals surface area contributed by atoms with E-state index in [1.807, 2.05) is 0 Å². The van der Waals surface area contributed by atoms with Crippen LogP contribution in [0.5, 0.6) is 11.5 Å². The standard InChI is InChI=1S/C18H16O5/c1-12(2)17(20)22-11-13-8-9-16(15(19)10-13)23-18(21)14-6-4-3-5-7-14/h3-10,19H,1,11H2,2H3. The number of rotatable bonds is 5. The molecule has 0 heterocycles. The Bertz CT molecular complexity index is 734. The summed E-state index contributed by atoms with van der Waals surface area (Å²) in [7, 11) is 0. The Balaban J connectivity index is 2.03. The van der Waals surface area contributed by atoms with E-state index in [1.54, 1.807) is 43.3 Å². The van der Waals surface area contributed by atoms with Crippen LogP contribution in [-0.4, -0.2) is 17.0 Å². The molecule has 2 aromatic rings. The van der Waals surface area contributed by atoms with Crippen LogP contribution in [0.2, 0.25) is 0 Å². The average molecular weight is 312 g/mol. The number of benzene rings is 2. The van der Waals surface area contributed by atoms with Crippen LogP contribution >= 0.6 is 0 Å². The Kier molecular flexibility index (Phi) is 5.15. The van der Waals surface area contributed by atoms with E-state index in [4.69, 9.17) is 9.47 Å². The number of phenolic OH excluding ortho intramolecular Hbond substituents is 1. The molecule has 0 fully saturated rings. The van der Waals surface area contributed by atoms with Gasteiger partial charge in [0.2, 0.25) is 0 Å². The van der Waals surface area contributed by atoms with Gasteiger partial charge in [0.15, 0.2) is 11.5 Å². The number of carbonyl (C=O) groups excluding carboxylic acids is 2. The smallest absolute Gasteiger partial charge is 0.343 e. The molecule has 23 heavy (non-hydrogen) atoms. The summed E-state index contributed by atoms with van der Waals surface area (Å²) in [6.45, 7) is 5.02. The zero-order valence-corrected chi connectivity index (χ0v) is 12.6. The molecule has 118 valence electrons. The first-order valence-electron chi connectivity index (χ1n) is 6.89. The van der Waals surface area contributed by atoms with Crippen LogP contribution in [0.25, 0.3) is 0 Å². The van der Waals surface area contributed by atoms with Gasteiger partial charge in [0, 0.05) is 5.57 Å². The number of phenols is 1. The van der Waals surface area contributed by atoms with Crippen molar-refractivity contribution < 1.29 is 24.2 Å². The van der Waals surface area contributed by atoms with Gasteiger partial charge < -0.3 is 14.6 Å². The van der Waals surface area contributed by atoms with E-state index in [0.717, 1.165) is 0 Å². The van der Waals surface area contributed by atoms with E-state index in [1.165, 1.54) is 12.1 Å². The molecule has 0 aliphatic rings. The van der Waals surface area contributed by atoms with Gasteiger partial charge in [-0.2, -0.15) is 0 Å². The zero-order valence-electron chi connectivity index (χ0n) is 12.6. The van der Waals surface area contributed by atoms with E-state index in [0.29, 0.717) is 16.7 Å². The molecular formula is C18H16O5. The second kappa shape index (κ2) is 7.26. The average Bonchev–Trinajstić information content (AvgIpc) is 2.55. The minimum atomic E-state index is -0.567. The van der Waals surface area contributed by atoms with Crippen LogP contribution in [-0.2, 0) is 16.1 Å². The highest BCUT2D eigenvalue weighted by Crippen LogP contribution is 2.28. The van der Waals surface area contributed by atoms with Crippen LogP contribution in [0, 0.1) is 0 Å². The van der Waals surface area contributed by atoms with Gasteiger partial charge in [-0.3, -0.25) is 0 Å². The van der Waals surface area contributed by atoms with Crippen molar-refractivity contribution in [2.24, 2.45) is 0 Å². The molecule has 0 saturated carbocycles. The van der Waals surface area contributed by atoms with Crippen molar-refractivity contribution in [3.05, 3.63) is 71.8 Å². The normalized spacial score (nSPS) is 9.96. The highest BCUT2D eigenvalue weighted by Gasteiger charge is 2.12. The van der Waals surface area contributed by atoms with Crippen molar-refractivity contribution in [2.45, 2.75) is 13.5 Å². The first kappa shape index (κ1) is 16.3. The molecule has 0 saturated heterocycles. The fraction of sp³-hybridized carbons (Fsp3) is 0.111. The molecule has 2 rings (SSSR count). The van der Waals surface area contributed by atoms with Gasteiger partial charge in [0.1, 0.15) is 6.61 Å². The third kappa shape index (κ3) is 4.44. The van der Waals surface area contributed by atoms with Gasteiger partial charge in [-0.25, -0.2) is 9.59 Å². The van der Waals surface area contributed by atoms with Crippen LogP contribution < -0.4 is 4.74 Å². The molecule has 0 unspecified atom stereocenters. The van der Waals surface area contributed by atoms with Gasteiger partial charge in [0.25, 0.3) is 0 Å². The van der Waals surface area contributed by atoms with Crippen LogP contribution in [0.3, 0.4) is 0 Å². The topological polar surface area (TPSA) is 72.8 Å². The van der Waals surface area contributed by atoms with Gasteiger partial charge in [0.05, 0.1) is 5.56 Å². The highest BCUT2D eigenvalue weighted by molar-refractivity contribution is 5.91. The number of aromatic hydroxyl groups is 1. The number of esters is 2. The third-order valence-electron chi connectivity index (χ3n) is 2.95. The summed E-state index contributed by atoms with van der Waals surface area (Å²) in [5.41, 5.74) is 1.24. The van der Waals surface area contributed by atoms with E-state index < -0.39 is 11.9 Å². The number of carbonyl (C=O) groups is 2. The molecule has 0 bridgehead atoms. The van der Waals surface area contributed by atoms with Crippen molar-refractivity contribution >= 4 is 11.9 Å². The number of ether oxygens (including phenoxy) is 2. The van der Waals surface area contributed by atoms with Crippen molar-refractivity contribution in [1.29, 1.82) is 0 Å². The maximum atomic E-state index is 11.9. The SMILES string of the molecule is C=C(C)C(=O)OCc1ccc(OC(=O)c2ccccc2)c(O)c1. The summed E-state index contributed by atoms with van der Waals surface area (Å²) in [4.78, 5) is 23.2. The molecule has 0 atom stereocenters. The maximum absolute atomic E-state index is 11.9. The number of hydrogen-bond donors (Lipinski definition) is 1. The van der Waals surface area contributed by atoms with Gasteiger partial charge >= 0.3 is 11.9 Å². The molecule has 0 spiro atoms. The van der Waals surface area contributed by atoms with E-state index >= 15 is 0 Å². The molecular weight excluding hydrogens is 296 g/mol. The summed E-state index contributed by atoms with van der Waals surface area (Å²) in [5, 5.41) is 9.93. The summed E-state index contributed by atoms with van der Waals surface area (Å²) in [5.74, 6) is -1.25. The predicted octanol–water partition coefficient (Wildman–Crippen LogP) is 3.23. The minimum absolute atomic E-state index is 0.00777. The predicted molar refractivity (Wildman–Crippen MR) is 84.1 cm³/mol. The fourth-order valence-corrected chi connectivity index (χ4v) is 1.74. The second-order valence-corrected chi connectivity index (χ2v) is 4.91. The lowest BCUT2D eigenvalue weighted by Crippen LogP contribution is -2.08. The lowest BCUT2D eigenvalue weighted by molar-refractivity contribution is -0.140. The molecule has 0 radical (unpaired) electrons. The molecule has 5 heteroatoms. The molecule has 0 aromatic heterocycles. The van der Waals surface area contributed by atoms with Crippen LogP contribution in [0.1, 0.15) is 22.8 Å². The molecule has 0 aliphatic carbocycles. The Morgan fingerprint density at radius 1 is 1.13 bits per heavy atom. The van der Waals surface area contributed by atoms with Crippen LogP contribution in [0.4, 0.5) is 0 Å². The summed E-state index contributed by atoms with van der Waals surface area (Å²) >= 11 is 0. The lowest BCUT2D eigenvalue weighted by Gasteiger charge is -2.09. The Morgan fingerprint density at radius 2 is 1.83 bits per heavy atom. The molecule has 0 aliphatic heterocycles. The van der Waals surface area contributed by atoms with Crippen molar-refractivity contribution in [1.82, 2.24) is 0 Å². The van der Waals surface area contributed by atoms with E-state index in [9.17, 15) is 14.7 Å². The molecule has 0 amide bonds. The summed E-state index contributed by atoms with van der Waals surface area (Å²) < 4.78 is 10.1. The van der Waals surface area contributed by atoms with Gasteiger partial charge in [-0.05, 0) is 36.8 Å². The second-order valence-electron chi connectivity index (χ2n) is 4.91. The van der Waals surface area contributed by atoms with Crippen molar-refractivity contribution in [2.75, 3.05) is 0 Å². The monoisotopic (exact) mass is 312 g/mol. The highest BCUT2D eigenvalue weighted by atomic mass is 16.5. The first-order chi connectivity index (χ1) is 11.0. The van der Waals surface area contributed by atoms with Crippen molar-refractivity contribution in [3.8, 4) is 11.5 Å². The van der Waals surface area contributed by atoms with E-state index in [-0.39, 0.29) is 18.1 Å². The molecule has 5 nitrogen and oxygen atoms in total. The third-order valence-corrected chi connectivity index (χ3v) is 2.95. The van der Waals surface area contributed by atoms with Crippen molar-refractivity contribution in [3.63, 3.8) is 0 Å². The van der Waals surface area contributed by atoms with Gasteiger partial charge in [-0.1, -0.05) is 30.8 Å². The minimum Gasteiger partial charge on any atom is -0.504 e. The summed E-state index contributed by atoms with van der Waals surface area (Å²) in [6, 6.07) is 12.9. The molecule has 2 aromatic carbocycles. The lowest BCUT2D eigenvalue weighted by atomic mass is 10.2. The quantitative estimate of drug-likeness (QED) is 0.521. The Hall–Kier alpha value is -3.08. The largest absolute Gasteiger partial charge is 0.504 e. The first-order valence-corrected chi connectivity index (χ1v) is 6.89. The molecule has 1 N–H and O–H groups in total. The Morgan fingerprint density at radius 3 is 2.43 bits per heavy atom. The van der Waals surface area contributed by atoms with Gasteiger partial charge in [-0.15, -0.1) is 0 Å². The Labute approximate surface area is 133 Å². The fourth-order valence-electron chi connectivity index (χ4n) is 1.74. The number of hydrogen-bond acceptors (Lipinski definition) is 5. The summed E-state index contributed by atoms with van der Waals surface area (Å²) in [6.07, 6.45) is 0. The van der Waals surface area contributed by atoms with E-state index in [2.05, 4.69) is 6.58 Å². The van der Waals surface area contributed by atoms with Crippen LogP contribution in [0.15, 0.2) is 60.7 Å². The zero-order chi connectivity index (χ0) is 16.8. The maximum Gasteiger partial charge on any atom is 0.343 e.